The van der Waals surface area contributed by atoms with Crippen LogP contribution in [0.15, 0.2) is 0 Å². The van der Waals surface area contributed by atoms with Crippen molar-refractivity contribution in [3.8, 4) is 0 Å². The van der Waals surface area contributed by atoms with E-state index in [1.807, 2.05) is 4.90 Å². The van der Waals surface area contributed by atoms with Gasteiger partial charge in [0.2, 0.25) is 0 Å². The highest BCUT2D eigenvalue weighted by Gasteiger charge is 2.13. The highest BCUT2D eigenvalue weighted by molar-refractivity contribution is 5.70. The third-order valence-corrected chi connectivity index (χ3v) is 11.6. The summed E-state index contributed by atoms with van der Waals surface area (Å²) in [5.41, 5.74) is 0. The van der Waals surface area contributed by atoms with E-state index in [2.05, 4.69) is 33.0 Å². The summed E-state index contributed by atoms with van der Waals surface area (Å²) in [4.78, 5) is 38.1. The molecule has 0 heterocycles. The lowest BCUT2D eigenvalue weighted by Crippen LogP contribution is -2.33. The van der Waals surface area contributed by atoms with Gasteiger partial charge in [-0.15, -0.1) is 0 Å². The number of carbonyl (C=O) groups is 3. The molecule has 0 saturated carbocycles. The van der Waals surface area contributed by atoms with Crippen molar-refractivity contribution in [1.82, 2.24) is 10.2 Å². The van der Waals surface area contributed by atoms with Crippen molar-refractivity contribution in [3.63, 3.8) is 0 Å². The molecule has 0 saturated heterocycles. The van der Waals surface area contributed by atoms with Crippen LogP contribution in [0.1, 0.15) is 246 Å². The summed E-state index contributed by atoms with van der Waals surface area (Å²) in [5.74, 6) is -0.468. The Morgan fingerprint density at radius 2 is 0.692 bits per heavy atom. The number of aliphatic hydroxyl groups is 1. The standard InChI is InChI=1S/C34H67NO6.C20H41NO3/c1-3-5-7-9-11-13-15-17-19-21-29-40-33(37)23-25-35(27-31-39-32-28-36)26-24-34(38)41-30-22-20-18-16-14-12-10-8-6-4-2;1-3-5-6-7-8-9-10-11-12-13-18-24-20(22)14-15-21-16-19-23-17-4-2/h36H,3-32H2,1-2H3;21H,3-19H2,1-2H3. The molecule has 0 atom stereocenters. The first-order valence-electron chi connectivity index (χ1n) is 27.6. The van der Waals surface area contributed by atoms with E-state index < -0.39 is 0 Å². The second-order valence-corrected chi connectivity index (χ2v) is 18.0. The molecule has 0 aromatic carbocycles. The second kappa shape index (κ2) is 58.3. The van der Waals surface area contributed by atoms with E-state index >= 15 is 0 Å². The third-order valence-electron chi connectivity index (χ3n) is 11.6. The molecule has 388 valence electrons. The summed E-state index contributed by atoms with van der Waals surface area (Å²) in [5, 5.41) is 12.1. The van der Waals surface area contributed by atoms with Crippen molar-refractivity contribution in [3.05, 3.63) is 0 Å². The number of rotatable bonds is 52. The predicted molar refractivity (Wildman–Crippen MR) is 271 cm³/mol. The molecular weight excluding hydrogens is 821 g/mol. The van der Waals surface area contributed by atoms with Crippen molar-refractivity contribution in [1.29, 1.82) is 0 Å². The van der Waals surface area contributed by atoms with Gasteiger partial charge in [-0.2, -0.15) is 0 Å². The SMILES string of the molecule is CCCCCCCCCCCCOC(=O)CCN(CCOCCO)CCC(=O)OCCCCCCCCCCCC.CCCCCCCCCCCCOC(=O)CCNCCOCCC. The molecule has 0 aliphatic carbocycles. The first-order chi connectivity index (χ1) is 31.9. The number of hydrogen-bond donors (Lipinski definition) is 2. The normalized spacial score (nSPS) is 11.2. The van der Waals surface area contributed by atoms with E-state index in [9.17, 15) is 14.4 Å². The minimum Gasteiger partial charge on any atom is -0.466 e. The van der Waals surface area contributed by atoms with Crippen LogP contribution < -0.4 is 5.32 Å². The first kappa shape index (κ1) is 65.3. The number of aliphatic hydroxyl groups excluding tert-OH is 1. The molecule has 0 bridgehead atoms. The molecule has 65 heavy (non-hydrogen) atoms. The molecule has 0 spiro atoms. The van der Waals surface area contributed by atoms with Gasteiger partial charge in [0.05, 0.1) is 65.5 Å². The number of hydrogen-bond acceptors (Lipinski definition) is 11. The molecule has 0 aromatic heterocycles. The molecule has 0 rings (SSSR count). The van der Waals surface area contributed by atoms with Crippen molar-refractivity contribution < 1.29 is 43.2 Å². The largest absolute Gasteiger partial charge is 0.466 e. The average molecular weight is 929 g/mol. The Morgan fingerprint density at radius 1 is 0.354 bits per heavy atom. The van der Waals surface area contributed by atoms with Gasteiger partial charge in [0, 0.05) is 39.3 Å². The Hall–Kier alpha value is -1.79. The molecule has 0 amide bonds. The van der Waals surface area contributed by atoms with Crippen molar-refractivity contribution in [2.24, 2.45) is 0 Å². The van der Waals surface area contributed by atoms with Crippen LogP contribution in [-0.4, -0.2) is 113 Å². The van der Waals surface area contributed by atoms with Gasteiger partial charge in [-0.25, -0.2) is 0 Å². The maximum absolute atomic E-state index is 12.2. The molecule has 0 aliphatic rings. The van der Waals surface area contributed by atoms with E-state index in [1.54, 1.807) is 0 Å². The van der Waals surface area contributed by atoms with E-state index in [-0.39, 0.29) is 31.1 Å². The van der Waals surface area contributed by atoms with Gasteiger partial charge in [0.25, 0.3) is 0 Å². The average Bonchev–Trinajstić information content (AvgIpc) is 3.31. The number of nitrogens with one attached hydrogen (secondary N) is 1. The smallest absolute Gasteiger partial charge is 0.307 e. The summed E-state index contributed by atoms with van der Waals surface area (Å²) >= 11 is 0. The number of esters is 3. The number of unbranched alkanes of at least 4 members (excludes halogenated alkanes) is 27. The van der Waals surface area contributed by atoms with Crippen molar-refractivity contribution in [2.75, 3.05) is 85.6 Å². The number of nitrogens with zero attached hydrogens (tertiary/aromatic N) is 1. The van der Waals surface area contributed by atoms with E-state index in [0.717, 1.165) is 51.7 Å². The van der Waals surface area contributed by atoms with Gasteiger partial charge in [0.15, 0.2) is 0 Å². The zero-order chi connectivity index (χ0) is 47.8. The van der Waals surface area contributed by atoms with Crippen LogP contribution in [0.25, 0.3) is 0 Å². The third kappa shape index (κ3) is 58.3. The Morgan fingerprint density at radius 3 is 1.05 bits per heavy atom. The first-order valence-corrected chi connectivity index (χ1v) is 27.6. The maximum atomic E-state index is 12.2. The van der Waals surface area contributed by atoms with Crippen molar-refractivity contribution >= 4 is 17.9 Å². The molecular formula is C54H108N2O9. The lowest BCUT2D eigenvalue weighted by Gasteiger charge is -2.21. The molecule has 0 aromatic rings. The monoisotopic (exact) mass is 929 g/mol. The van der Waals surface area contributed by atoms with E-state index in [0.29, 0.717) is 78.5 Å². The molecule has 11 heteroatoms. The van der Waals surface area contributed by atoms with Gasteiger partial charge in [0.1, 0.15) is 0 Å². The fraction of sp³-hybridized carbons (Fsp3) is 0.944. The quantitative estimate of drug-likeness (QED) is 0.0343. The molecule has 0 fully saturated rings. The van der Waals surface area contributed by atoms with Gasteiger partial charge in [-0.1, -0.05) is 201 Å². The minimum atomic E-state index is -0.189. The summed E-state index contributed by atoms with van der Waals surface area (Å²) in [6.07, 6.45) is 40.2. The fourth-order valence-corrected chi connectivity index (χ4v) is 7.44. The van der Waals surface area contributed by atoms with Crippen LogP contribution >= 0.6 is 0 Å². The van der Waals surface area contributed by atoms with Crippen LogP contribution in [0.5, 0.6) is 0 Å². The number of carbonyl (C=O) groups excluding carboxylic acids is 3. The number of ether oxygens (including phenoxy) is 5. The summed E-state index contributed by atoms with van der Waals surface area (Å²) in [6, 6.07) is 0. The molecule has 0 unspecified atom stereocenters. The summed E-state index contributed by atoms with van der Waals surface area (Å²) in [6.45, 7) is 15.7. The van der Waals surface area contributed by atoms with Crippen molar-refractivity contribution in [2.45, 2.75) is 246 Å². The zero-order valence-electron chi connectivity index (χ0n) is 43.4. The highest BCUT2D eigenvalue weighted by atomic mass is 16.5. The van der Waals surface area contributed by atoms with Crippen LogP contribution in [0.2, 0.25) is 0 Å². The van der Waals surface area contributed by atoms with Crippen LogP contribution in [0, 0.1) is 0 Å². The molecule has 0 radical (unpaired) electrons. The molecule has 11 nitrogen and oxygen atoms in total. The van der Waals surface area contributed by atoms with Gasteiger partial charge >= 0.3 is 17.9 Å². The Balaban J connectivity index is 0. The van der Waals surface area contributed by atoms with Gasteiger partial charge < -0.3 is 34.1 Å². The highest BCUT2D eigenvalue weighted by Crippen LogP contribution is 2.13. The van der Waals surface area contributed by atoms with Gasteiger partial charge in [-0.05, 0) is 25.7 Å². The lowest BCUT2D eigenvalue weighted by molar-refractivity contribution is -0.145. The second-order valence-electron chi connectivity index (χ2n) is 18.0. The molecule has 0 aliphatic heterocycles. The minimum absolute atomic E-state index is 0.0173. The van der Waals surface area contributed by atoms with E-state index in [1.165, 1.54) is 161 Å². The maximum Gasteiger partial charge on any atom is 0.307 e. The Labute approximate surface area is 401 Å². The Bertz CT molecular complexity index is 915. The molecule has 2 N–H and O–H groups in total. The Kier molecular flexibility index (Phi) is 58.6. The van der Waals surface area contributed by atoms with Gasteiger partial charge in [-0.3, -0.25) is 19.3 Å². The van der Waals surface area contributed by atoms with E-state index in [4.69, 9.17) is 28.8 Å². The van der Waals surface area contributed by atoms with Crippen LogP contribution in [-0.2, 0) is 38.1 Å². The predicted octanol–water partition coefficient (Wildman–Crippen LogP) is 12.9. The fourth-order valence-electron chi connectivity index (χ4n) is 7.44. The topological polar surface area (TPSA) is 133 Å². The lowest BCUT2D eigenvalue weighted by atomic mass is 10.1. The zero-order valence-corrected chi connectivity index (χ0v) is 43.4. The summed E-state index contributed by atoms with van der Waals surface area (Å²) < 4.78 is 26.9. The van der Waals surface area contributed by atoms with Crippen LogP contribution in [0.4, 0.5) is 0 Å². The summed E-state index contributed by atoms with van der Waals surface area (Å²) in [7, 11) is 0. The van der Waals surface area contributed by atoms with Crippen LogP contribution in [0.3, 0.4) is 0 Å².